The molecule has 0 aromatic heterocycles. The normalized spacial score (nSPS) is 22.6. The molecule has 4 nitrogen and oxygen atoms in total. The van der Waals surface area contributed by atoms with Gasteiger partial charge in [0.05, 0.1) is 0 Å². The lowest BCUT2D eigenvalue weighted by atomic mass is 9.88. The van der Waals surface area contributed by atoms with E-state index in [1.165, 1.54) is 11.4 Å². The molecule has 0 radical (unpaired) electrons. The summed E-state index contributed by atoms with van der Waals surface area (Å²) in [4.78, 5) is 20.8. The van der Waals surface area contributed by atoms with Crippen molar-refractivity contribution in [3.05, 3.63) is 70.8 Å². The van der Waals surface area contributed by atoms with Gasteiger partial charge in [0, 0.05) is 60.8 Å². The molecule has 2 aliphatic heterocycles. The number of piperidine rings is 1. The summed E-state index contributed by atoms with van der Waals surface area (Å²) in [6, 6.07) is 17.7. The third kappa shape index (κ3) is 4.69. The van der Waals surface area contributed by atoms with Crippen LogP contribution in [-0.4, -0.2) is 56.0 Å². The first kappa shape index (κ1) is 24.3. The third-order valence-corrected chi connectivity index (χ3v) is 7.63. The minimum atomic E-state index is 0.210. The standard InChI is InChI=1S/C30H39N3O/c1-6-32(7-2)24-14-10-22(11-15-24)20-26-28-18-19-29(31(28)5)27(30(26)34)21-23-12-16-25(17-13-23)33(8-3)9-4/h10-17,20-21,28-29H,6-9,18-19H2,1-5H3/b26-20-,27-21+/t28-,29-/m1/s1. The minimum Gasteiger partial charge on any atom is -0.372 e. The molecule has 2 bridgehead atoms. The van der Waals surface area contributed by atoms with Crippen LogP contribution in [0.3, 0.4) is 0 Å². The maximum atomic E-state index is 13.7. The zero-order valence-corrected chi connectivity index (χ0v) is 21.4. The quantitative estimate of drug-likeness (QED) is 0.462. The van der Waals surface area contributed by atoms with Gasteiger partial charge >= 0.3 is 0 Å². The fraction of sp³-hybridized carbons (Fsp3) is 0.433. The van der Waals surface area contributed by atoms with Crippen molar-refractivity contribution < 1.29 is 4.79 Å². The van der Waals surface area contributed by atoms with E-state index < -0.39 is 0 Å². The third-order valence-electron chi connectivity index (χ3n) is 7.63. The summed E-state index contributed by atoms with van der Waals surface area (Å²) in [5.74, 6) is 0.214. The van der Waals surface area contributed by atoms with Gasteiger partial charge in [0.15, 0.2) is 5.78 Å². The van der Waals surface area contributed by atoms with E-state index in [0.717, 1.165) is 61.3 Å². The molecular formula is C30H39N3O. The van der Waals surface area contributed by atoms with Gasteiger partial charge in [-0.25, -0.2) is 0 Å². The average Bonchev–Trinajstić information content (AvgIpc) is 3.18. The fourth-order valence-corrected chi connectivity index (χ4v) is 5.58. The van der Waals surface area contributed by atoms with Gasteiger partial charge < -0.3 is 9.80 Å². The Bertz CT molecular complexity index is 960. The molecule has 2 heterocycles. The maximum absolute atomic E-state index is 13.7. The molecule has 0 unspecified atom stereocenters. The van der Waals surface area contributed by atoms with Gasteiger partial charge in [-0.1, -0.05) is 24.3 Å². The lowest BCUT2D eigenvalue weighted by Crippen LogP contribution is -2.43. The molecule has 2 fully saturated rings. The molecule has 180 valence electrons. The van der Waals surface area contributed by atoms with Gasteiger partial charge in [0.1, 0.15) is 0 Å². The number of hydrogen-bond donors (Lipinski definition) is 0. The fourth-order valence-electron chi connectivity index (χ4n) is 5.58. The Balaban J connectivity index is 1.63. The number of ketones is 1. The van der Waals surface area contributed by atoms with Gasteiger partial charge in [-0.2, -0.15) is 0 Å². The predicted octanol–water partition coefficient (Wildman–Crippen LogP) is 5.89. The molecule has 0 aliphatic carbocycles. The van der Waals surface area contributed by atoms with Gasteiger partial charge in [-0.3, -0.25) is 9.69 Å². The van der Waals surface area contributed by atoms with Crippen molar-refractivity contribution in [2.45, 2.75) is 52.6 Å². The highest BCUT2D eigenvalue weighted by molar-refractivity contribution is 6.16. The predicted molar refractivity (Wildman–Crippen MR) is 146 cm³/mol. The summed E-state index contributed by atoms with van der Waals surface area (Å²) < 4.78 is 0. The smallest absolute Gasteiger partial charge is 0.188 e. The van der Waals surface area contributed by atoms with Crippen LogP contribution in [0.25, 0.3) is 12.2 Å². The minimum absolute atomic E-state index is 0.210. The number of nitrogens with zero attached hydrogens (tertiary/aromatic N) is 3. The summed E-state index contributed by atoms with van der Waals surface area (Å²) in [5, 5.41) is 0. The van der Waals surface area contributed by atoms with Crippen molar-refractivity contribution in [1.82, 2.24) is 4.90 Å². The van der Waals surface area contributed by atoms with E-state index in [1.807, 2.05) is 0 Å². The van der Waals surface area contributed by atoms with E-state index in [1.54, 1.807) is 0 Å². The topological polar surface area (TPSA) is 26.8 Å². The second-order valence-corrected chi connectivity index (χ2v) is 9.33. The van der Waals surface area contributed by atoms with Crippen LogP contribution in [0.15, 0.2) is 59.7 Å². The molecule has 34 heavy (non-hydrogen) atoms. The average molecular weight is 458 g/mol. The summed E-state index contributed by atoms with van der Waals surface area (Å²) in [7, 11) is 2.17. The van der Waals surface area contributed by atoms with E-state index in [2.05, 4.69) is 110 Å². The van der Waals surface area contributed by atoms with E-state index >= 15 is 0 Å². The van der Waals surface area contributed by atoms with Crippen LogP contribution >= 0.6 is 0 Å². The molecule has 2 atom stereocenters. The number of benzene rings is 2. The molecule has 4 heteroatoms. The van der Waals surface area contributed by atoms with Crippen LogP contribution in [0.2, 0.25) is 0 Å². The van der Waals surface area contributed by atoms with Crippen LogP contribution in [0.1, 0.15) is 51.7 Å². The largest absolute Gasteiger partial charge is 0.372 e. The van der Waals surface area contributed by atoms with Gasteiger partial charge in [0.25, 0.3) is 0 Å². The van der Waals surface area contributed by atoms with Gasteiger partial charge in [-0.05, 0) is 95.1 Å². The first-order chi connectivity index (χ1) is 16.5. The summed E-state index contributed by atoms with van der Waals surface area (Å²) in [6.45, 7) is 12.7. The van der Waals surface area contributed by atoms with Crippen molar-refractivity contribution in [1.29, 1.82) is 0 Å². The Labute approximate surface area is 205 Å². The lowest BCUT2D eigenvalue weighted by Gasteiger charge is -2.34. The molecule has 0 amide bonds. The van der Waals surface area contributed by atoms with Crippen molar-refractivity contribution >= 4 is 29.3 Å². The van der Waals surface area contributed by atoms with Crippen LogP contribution in [-0.2, 0) is 4.79 Å². The molecular weight excluding hydrogens is 418 g/mol. The Morgan fingerprint density at radius 3 is 1.38 bits per heavy atom. The van der Waals surface area contributed by atoms with Crippen LogP contribution in [0.4, 0.5) is 11.4 Å². The van der Waals surface area contributed by atoms with Crippen molar-refractivity contribution in [2.24, 2.45) is 0 Å². The Kier molecular flexibility index (Phi) is 7.57. The van der Waals surface area contributed by atoms with Crippen molar-refractivity contribution in [3.63, 3.8) is 0 Å². The first-order valence-corrected chi connectivity index (χ1v) is 12.9. The number of hydrogen-bond acceptors (Lipinski definition) is 4. The number of anilines is 2. The molecule has 2 aromatic rings. The maximum Gasteiger partial charge on any atom is 0.188 e. The monoisotopic (exact) mass is 457 g/mol. The number of carbonyl (C=O) groups excluding carboxylic acids is 1. The second-order valence-electron chi connectivity index (χ2n) is 9.33. The highest BCUT2D eigenvalue weighted by Crippen LogP contribution is 2.40. The summed E-state index contributed by atoms with van der Waals surface area (Å²) in [6.07, 6.45) is 6.31. The van der Waals surface area contributed by atoms with Crippen LogP contribution in [0.5, 0.6) is 0 Å². The molecule has 0 spiro atoms. The molecule has 2 saturated heterocycles. The van der Waals surface area contributed by atoms with Crippen LogP contribution < -0.4 is 9.80 Å². The second kappa shape index (κ2) is 10.6. The Morgan fingerprint density at radius 2 is 1.06 bits per heavy atom. The number of fused-ring (bicyclic) bond motifs is 2. The molecule has 0 saturated carbocycles. The first-order valence-electron chi connectivity index (χ1n) is 12.9. The van der Waals surface area contributed by atoms with Crippen LogP contribution in [0, 0.1) is 0 Å². The zero-order valence-electron chi connectivity index (χ0n) is 21.4. The lowest BCUT2D eigenvalue weighted by molar-refractivity contribution is -0.114. The van der Waals surface area contributed by atoms with E-state index in [0.29, 0.717) is 0 Å². The summed E-state index contributed by atoms with van der Waals surface area (Å²) >= 11 is 0. The van der Waals surface area contributed by atoms with Gasteiger partial charge in [-0.15, -0.1) is 0 Å². The van der Waals surface area contributed by atoms with E-state index in [-0.39, 0.29) is 17.9 Å². The number of rotatable bonds is 8. The molecule has 2 aliphatic rings. The number of likely N-dealkylation sites (N-methyl/N-ethyl adjacent to an activating group) is 1. The van der Waals surface area contributed by atoms with Gasteiger partial charge in [0.2, 0.25) is 0 Å². The van der Waals surface area contributed by atoms with Crippen molar-refractivity contribution in [2.75, 3.05) is 43.0 Å². The summed E-state index contributed by atoms with van der Waals surface area (Å²) in [5.41, 5.74) is 6.51. The highest BCUT2D eigenvalue weighted by Gasteiger charge is 2.44. The zero-order chi connectivity index (χ0) is 24.2. The van der Waals surface area contributed by atoms with E-state index in [4.69, 9.17) is 0 Å². The Hall–Kier alpha value is -2.85. The molecule has 2 aromatic carbocycles. The molecule has 0 N–H and O–H groups in total. The SMILES string of the molecule is CCN(CC)c1ccc(/C=C2\C(=O)/C(=C/c3ccc(N(CC)CC)cc3)[C@H]3CC[C@H]2N3C)cc1. The van der Waals surface area contributed by atoms with E-state index in [9.17, 15) is 4.79 Å². The highest BCUT2D eigenvalue weighted by atomic mass is 16.1. The number of Topliss-reactive ketones (excluding diaryl/α,β-unsaturated/α-hetero) is 1. The molecule has 4 rings (SSSR count). The van der Waals surface area contributed by atoms with Crippen molar-refractivity contribution in [3.8, 4) is 0 Å². The number of carbonyl (C=O) groups is 1. The Morgan fingerprint density at radius 1 is 0.706 bits per heavy atom.